The van der Waals surface area contributed by atoms with Gasteiger partial charge in [0.25, 0.3) is 0 Å². The zero-order valence-corrected chi connectivity index (χ0v) is 11.4. The molecule has 0 saturated heterocycles. The predicted molar refractivity (Wildman–Crippen MR) is 62.9 cm³/mol. The average molecular weight is 315 g/mol. The molecule has 0 aliphatic rings. The van der Waals surface area contributed by atoms with Gasteiger partial charge in [-0.05, 0) is 12.1 Å². The van der Waals surface area contributed by atoms with Crippen LogP contribution in [-0.2, 0) is 19.9 Å². The number of hydrogen-bond donors (Lipinski definition) is 1. The van der Waals surface area contributed by atoms with E-state index in [1.165, 1.54) is 0 Å². The summed E-state index contributed by atoms with van der Waals surface area (Å²) >= 11 is 0. The zero-order chi connectivity index (χ0) is 14.8. The molecule has 6 nitrogen and oxygen atoms in total. The van der Waals surface area contributed by atoms with E-state index in [0.29, 0.717) is 12.1 Å². The maximum Gasteiger partial charge on any atom is 0.238 e. The first-order valence-corrected chi connectivity index (χ1v) is 8.44. The van der Waals surface area contributed by atoms with Gasteiger partial charge in [-0.15, -0.1) is 0 Å². The van der Waals surface area contributed by atoms with Crippen molar-refractivity contribution in [3.8, 4) is 5.75 Å². The molecule has 0 unspecified atom stereocenters. The fourth-order valence-electron chi connectivity index (χ4n) is 1.13. The minimum absolute atomic E-state index is 0.428. The van der Waals surface area contributed by atoms with E-state index in [0.717, 1.165) is 6.26 Å². The van der Waals surface area contributed by atoms with E-state index >= 15 is 0 Å². The maximum atomic E-state index is 13.4. The van der Waals surface area contributed by atoms with Crippen LogP contribution in [-0.4, -0.2) is 35.5 Å². The quantitative estimate of drug-likeness (QED) is 0.826. The maximum absolute atomic E-state index is 13.4. The van der Waals surface area contributed by atoms with E-state index in [2.05, 4.69) is 4.74 Å². The Hall–Kier alpha value is -1.26. The molecular formula is C9H11F2NO5S2. The Morgan fingerprint density at radius 1 is 1.16 bits per heavy atom. The Balaban J connectivity index is 2.99. The molecule has 1 aromatic carbocycles. The predicted octanol–water partition coefficient (Wildman–Crippen LogP) is 0.0356. The van der Waals surface area contributed by atoms with Crippen molar-refractivity contribution < 1.29 is 30.4 Å². The first kappa shape index (κ1) is 15.8. The van der Waals surface area contributed by atoms with Gasteiger partial charge in [0.15, 0.2) is 27.2 Å². The normalized spacial score (nSPS) is 12.4. The van der Waals surface area contributed by atoms with Gasteiger partial charge in [0.1, 0.15) is 6.61 Å². The van der Waals surface area contributed by atoms with Crippen LogP contribution in [0.1, 0.15) is 0 Å². The fraction of sp³-hybridized carbons (Fsp3) is 0.333. The van der Waals surface area contributed by atoms with Crippen molar-refractivity contribution in [3.63, 3.8) is 0 Å². The molecule has 0 spiro atoms. The molecule has 0 fully saturated rings. The van der Waals surface area contributed by atoms with Gasteiger partial charge >= 0.3 is 0 Å². The monoisotopic (exact) mass is 315 g/mol. The van der Waals surface area contributed by atoms with Crippen molar-refractivity contribution in [2.45, 2.75) is 4.90 Å². The number of hydrogen-bond acceptors (Lipinski definition) is 5. The molecule has 0 saturated carbocycles. The van der Waals surface area contributed by atoms with Crippen molar-refractivity contribution in [2.24, 2.45) is 5.14 Å². The van der Waals surface area contributed by atoms with Crippen molar-refractivity contribution in [1.82, 2.24) is 0 Å². The Kier molecular flexibility index (Phi) is 4.48. The highest BCUT2D eigenvalue weighted by Gasteiger charge is 2.18. The number of sulfonamides is 1. The molecule has 0 aliphatic heterocycles. The Morgan fingerprint density at radius 2 is 1.63 bits per heavy atom. The van der Waals surface area contributed by atoms with Crippen molar-refractivity contribution in [2.75, 3.05) is 18.6 Å². The van der Waals surface area contributed by atoms with E-state index in [1.807, 2.05) is 0 Å². The molecule has 1 rings (SSSR count). The molecular weight excluding hydrogens is 304 g/mol. The zero-order valence-electron chi connectivity index (χ0n) is 9.76. The molecule has 2 N–H and O–H groups in total. The van der Waals surface area contributed by atoms with Gasteiger partial charge in [0.2, 0.25) is 10.0 Å². The lowest BCUT2D eigenvalue weighted by atomic mass is 10.3. The number of halogens is 2. The molecule has 0 radical (unpaired) electrons. The lowest BCUT2D eigenvalue weighted by Crippen LogP contribution is -2.15. The van der Waals surface area contributed by atoms with Crippen molar-refractivity contribution in [1.29, 1.82) is 0 Å². The highest BCUT2D eigenvalue weighted by molar-refractivity contribution is 7.90. The summed E-state index contributed by atoms with van der Waals surface area (Å²) in [4.78, 5) is -0.738. The van der Waals surface area contributed by atoms with Crippen LogP contribution in [0.25, 0.3) is 0 Å². The second-order valence-corrected chi connectivity index (χ2v) is 7.56. The van der Waals surface area contributed by atoms with Crippen LogP contribution in [0, 0.1) is 11.6 Å². The Morgan fingerprint density at radius 3 is 2.00 bits per heavy atom. The summed E-state index contributed by atoms with van der Waals surface area (Å²) in [6.07, 6.45) is 0.938. The highest BCUT2D eigenvalue weighted by Crippen LogP contribution is 2.24. The molecule has 0 amide bonds. The van der Waals surface area contributed by atoms with E-state index in [9.17, 15) is 25.6 Å². The lowest BCUT2D eigenvalue weighted by molar-refractivity contribution is 0.302. The molecule has 0 heterocycles. The smallest absolute Gasteiger partial charge is 0.238 e. The Bertz CT molecular complexity index is 662. The molecule has 19 heavy (non-hydrogen) atoms. The van der Waals surface area contributed by atoms with Crippen molar-refractivity contribution in [3.05, 3.63) is 23.8 Å². The van der Waals surface area contributed by atoms with Crippen molar-refractivity contribution >= 4 is 19.9 Å². The second kappa shape index (κ2) is 5.39. The summed E-state index contributed by atoms with van der Waals surface area (Å²) in [6, 6.07) is 0.988. The summed E-state index contributed by atoms with van der Waals surface area (Å²) in [6.45, 7) is -0.457. The van der Waals surface area contributed by atoms with E-state index in [4.69, 9.17) is 5.14 Å². The largest absolute Gasteiger partial charge is 0.487 e. The topological polar surface area (TPSA) is 104 Å². The fourth-order valence-corrected chi connectivity index (χ4v) is 2.06. The number of primary sulfonamides is 1. The van der Waals surface area contributed by atoms with Gasteiger partial charge in [-0.25, -0.2) is 30.8 Å². The molecule has 0 aliphatic carbocycles. The van der Waals surface area contributed by atoms with Gasteiger partial charge in [-0.2, -0.15) is 0 Å². The van der Waals surface area contributed by atoms with E-state index in [-0.39, 0.29) is 0 Å². The van der Waals surface area contributed by atoms with Gasteiger partial charge in [-0.1, -0.05) is 0 Å². The molecule has 0 atom stereocenters. The summed E-state index contributed by atoms with van der Waals surface area (Å²) in [5.74, 6) is -3.84. The van der Waals surface area contributed by atoms with Gasteiger partial charge < -0.3 is 4.74 Å². The van der Waals surface area contributed by atoms with Crippen LogP contribution in [0.15, 0.2) is 17.0 Å². The molecule has 0 bridgehead atoms. The number of rotatable bonds is 5. The third-order valence-electron chi connectivity index (χ3n) is 2.00. The first-order valence-electron chi connectivity index (χ1n) is 4.83. The van der Waals surface area contributed by atoms with Gasteiger partial charge in [0, 0.05) is 6.26 Å². The van der Waals surface area contributed by atoms with E-state index in [1.54, 1.807) is 0 Å². The number of sulfone groups is 1. The molecule has 10 heteroatoms. The number of benzene rings is 1. The Labute approximate surface area is 109 Å². The highest BCUT2D eigenvalue weighted by atomic mass is 32.2. The summed E-state index contributed by atoms with van der Waals surface area (Å²) < 4.78 is 75.0. The number of ether oxygens (including phenoxy) is 1. The van der Waals surface area contributed by atoms with E-state index < -0.39 is 54.5 Å². The molecule has 108 valence electrons. The molecule has 0 aromatic heterocycles. The average Bonchev–Trinajstić information content (AvgIpc) is 2.18. The molecule has 1 aromatic rings. The standard InChI is InChI=1S/C9H11F2NO5S2/c1-18(13,14)3-2-17-9-7(10)4-6(5-8(9)11)19(12,15)16/h4-5H,2-3H2,1H3,(H2,12,15,16). The minimum atomic E-state index is -4.24. The van der Waals surface area contributed by atoms with Crippen LogP contribution in [0.2, 0.25) is 0 Å². The van der Waals surface area contributed by atoms with Crippen LogP contribution >= 0.6 is 0 Å². The summed E-state index contributed by atoms with van der Waals surface area (Å²) in [5, 5.41) is 4.72. The van der Waals surface area contributed by atoms with Gasteiger partial charge in [-0.3, -0.25) is 0 Å². The third-order valence-corrected chi connectivity index (χ3v) is 3.80. The summed E-state index contributed by atoms with van der Waals surface area (Å²) in [5.41, 5.74) is 0. The van der Waals surface area contributed by atoms with Crippen LogP contribution in [0.3, 0.4) is 0 Å². The summed E-state index contributed by atoms with van der Waals surface area (Å²) in [7, 11) is -7.58. The lowest BCUT2D eigenvalue weighted by Gasteiger charge is -2.09. The first-order chi connectivity index (χ1) is 8.50. The number of nitrogens with two attached hydrogens (primary N) is 1. The van der Waals surface area contributed by atoms with Crippen LogP contribution < -0.4 is 9.88 Å². The van der Waals surface area contributed by atoms with Crippen LogP contribution in [0.4, 0.5) is 8.78 Å². The second-order valence-electron chi connectivity index (χ2n) is 3.74. The SMILES string of the molecule is CS(=O)(=O)CCOc1c(F)cc(S(N)(=O)=O)cc1F. The van der Waals surface area contributed by atoms with Crippen LogP contribution in [0.5, 0.6) is 5.75 Å². The minimum Gasteiger partial charge on any atom is -0.487 e. The van der Waals surface area contributed by atoms with Gasteiger partial charge in [0.05, 0.1) is 10.6 Å². The third kappa shape index (κ3) is 4.73.